The van der Waals surface area contributed by atoms with Gasteiger partial charge in [-0.15, -0.1) is 11.8 Å². The number of methoxy groups -OCH3 is 1. The van der Waals surface area contributed by atoms with Crippen LogP contribution in [0.25, 0.3) is 10.9 Å². The van der Waals surface area contributed by atoms with Crippen LogP contribution in [0.4, 0.5) is 17.6 Å². The number of carboxylic acid groups (broad SMARTS) is 1. The predicted molar refractivity (Wildman–Crippen MR) is 134 cm³/mol. The maximum absolute atomic E-state index is 14.6. The molecular formula is C27H28F4N2O3S. The van der Waals surface area contributed by atoms with E-state index in [9.17, 15) is 27.5 Å². The zero-order valence-electron chi connectivity index (χ0n) is 20.4. The number of ether oxygens (including phenoxy) is 1. The highest BCUT2D eigenvalue weighted by Crippen LogP contribution is 2.38. The Morgan fingerprint density at radius 2 is 1.89 bits per heavy atom. The number of carboxylic acids is 1. The van der Waals surface area contributed by atoms with Crippen LogP contribution in [0.2, 0.25) is 0 Å². The molecule has 0 bridgehead atoms. The molecule has 0 spiro atoms. The van der Waals surface area contributed by atoms with Gasteiger partial charge in [0, 0.05) is 28.6 Å². The highest BCUT2D eigenvalue weighted by molar-refractivity contribution is 7.99. The molecule has 37 heavy (non-hydrogen) atoms. The number of likely N-dealkylation sites (tertiary alicyclic amines) is 1. The second kappa shape index (κ2) is 11.7. The average molecular weight is 537 g/mol. The minimum atomic E-state index is -1.22. The van der Waals surface area contributed by atoms with Gasteiger partial charge in [-0.1, -0.05) is 0 Å². The van der Waals surface area contributed by atoms with Crippen LogP contribution in [0.1, 0.15) is 31.2 Å². The minimum Gasteiger partial charge on any atom is -0.497 e. The molecule has 10 heteroatoms. The summed E-state index contributed by atoms with van der Waals surface area (Å²) in [5.41, 5.74) is 0.246. The van der Waals surface area contributed by atoms with E-state index < -0.39 is 34.7 Å². The summed E-state index contributed by atoms with van der Waals surface area (Å²) in [7, 11) is 1.54. The maximum atomic E-state index is 14.6. The van der Waals surface area contributed by atoms with Gasteiger partial charge < -0.3 is 14.7 Å². The summed E-state index contributed by atoms with van der Waals surface area (Å²) in [6, 6.07) is 6.75. The fourth-order valence-electron chi connectivity index (χ4n) is 4.88. The first-order chi connectivity index (χ1) is 17.7. The monoisotopic (exact) mass is 536 g/mol. The van der Waals surface area contributed by atoms with Gasteiger partial charge in [0.25, 0.3) is 0 Å². The van der Waals surface area contributed by atoms with E-state index in [0.717, 1.165) is 17.8 Å². The molecule has 1 N–H and O–H groups in total. The van der Waals surface area contributed by atoms with E-state index in [0.29, 0.717) is 85.8 Å². The Morgan fingerprint density at radius 3 is 2.59 bits per heavy atom. The molecule has 4 rings (SSSR count). The third-order valence-electron chi connectivity index (χ3n) is 7.11. The van der Waals surface area contributed by atoms with E-state index in [4.69, 9.17) is 4.74 Å². The Balaban J connectivity index is 1.33. The number of hydrogen-bond acceptors (Lipinski definition) is 5. The van der Waals surface area contributed by atoms with E-state index in [-0.39, 0.29) is 4.90 Å². The summed E-state index contributed by atoms with van der Waals surface area (Å²) >= 11 is 1.03. The number of aryl methyl sites for hydroxylation is 1. The fraction of sp³-hybridized carbons (Fsp3) is 0.407. The minimum absolute atomic E-state index is 0.0807. The van der Waals surface area contributed by atoms with Gasteiger partial charge in [-0.25, -0.2) is 17.6 Å². The number of hydrogen-bond donors (Lipinski definition) is 1. The first kappa shape index (κ1) is 27.2. The van der Waals surface area contributed by atoms with Crippen LogP contribution in [0.15, 0.2) is 41.4 Å². The molecule has 2 aromatic carbocycles. The molecule has 0 amide bonds. The number of halogens is 4. The second-order valence-electron chi connectivity index (χ2n) is 9.30. The van der Waals surface area contributed by atoms with Crippen molar-refractivity contribution in [1.82, 2.24) is 9.88 Å². The van der Waals surface area contributed by atoms with Gasteiger partial charge >= 0.3 is 5.97 Å². The third-order valence-corrected chi connectivity index (χ3v) is 8.10. The van der Waals surface area contributed by atoms with Crippen molar-refractivity contribution < 1.29 is 32.2 Å². The largest absolute Gasteiger partial charge is 0.497 e. The Hall–Kier alpha value is -2.85. The van der Waals surface area contributed by atoms with Crippen molar-refractivity contribution in [2.24, 2.45) is 5.41 Å². The van der Waals surface area contributed by atoms with E-state index in [2.05, 4.69) is 9.88 Å². The quantitative estimate of drug-likeness (QED) is 0.193. The topological polar surface area (TPSA) is 62.7 Å². The molecule has 0 unspecified atom stereocenters. The Kier molecular flexibility index (Phi) is 8.59. The van der Waals surface area contributed by atoms with Crippen molar-refractivity contribution in [3.05, 3.63) is 65.4 Å². The van der Waals surface area contributed by atoms with Gasteiger partial charge in [-0.05, 0) is 75.0 Å². The fourth-order valence-corrected chi connectivity index (χ4v) is 5.87. The number of aromatic nitrogens is 1. The number of aliphatic carboxylic acids is 1. The summed E-state index contributed by atoms with van der Waals surface area (Å²) in [5, 5.41) is 10.7. The standard InChI is InChI=1S/C27H28F4N2O3S/c1-36-18-4-5-23-20(15-18)19(22(30)16-32-23)3-2-6-27(26(34)35)7-9-33(10-8-27)11-12-37-24-14-17(28)13-21(29)25(24)31/h4-5,13-16H,2-3,6-12H2,1H3,(H,34,35). The van der Waals surface area contributed by atoms with Gasteiger partial charge in [0.05, 0.1) is 24.2 Å². The number of fused-ring (bicyclic) bond motifs is 1. The molecule has 1 saturated heterocycles. The normalized spacial score (nSPS) is 15.7. The van der Waals surface area contributed by atoms with Gasteiger partial charge in [0.2, 0.25) is 0 Å². The molecule has 3 aromatic rings. The summed E-state index contributed by atoms with van der Waals surface area (Å²) < 4.78 is 60.5. The molecule has 1 aromatic heterocycles. The summed E-state index contributed by atoms with van der Waals surface area (Å²) in [6.45, 7) is 1.61. The lowest BCUT2D eigenvalue weighted by Gasteiger charge is -2.39. The number of thioether (sulfide) groups is 1. The van der Waals surface area contributed by atoms with Gasteiger partial charge in [0.15, 0.2) is 11.6 Å². The van der Waals surface area contributed by atoms with Crippen LogP contribution in [-0.4, -0.2) is 53.5 Å². The molecule has 1 aliphatic rings. The smallest absolute Gasteiger partial charge is 0.309 e. The zero-order valence-corrected chi connectivity index (χ0v) is 21.2. The average Bonchev–Trinajstić information content (AvgIpc) is 2.88. The molecule has 198 valence electrons. The SMILES string of the molecule is COc1ccc2ncc(F)c(CCCC3(C(=O)O)CCN(CCSc4cc(F)cc(F)c4F)CC3)c2c1. The lowest BCUT2D eigenvalue weighted by Crippen LogP contribution is -2.45. The predicted octanol–water partition coefficient (Wildman–Crippen LogP) is 6.08. The third kappa shape index (κ3) is 6.18. The molecular weight excluding hydrogens is 508 g/mol. The summed E-state index contributed by atoms with van der Waals surface area (Å²) in [6.07, 6.45) is 3.35. The number of rotatable bonds is 10. The van der Waals surface area contributed by atoms with Crippen molar-refractivity contribution >= 4 is 28.6 Å². The van der Waals surface area contributed by atoms with E-state index in [1.165, 1.54) is 13.3 Å². The lowest BCUT2D eigenvalue weighted by atomic mass is 9.74. The van der Waals surface area contributed by atoms with Crippen LogP contribution >= 0.6 is 11.8 Å². The van der Waals surface area contributed by atoms with Crippen LogP contribution in [-0.2, 0) is 11.2 Å². The van der Waals surface area contributed by atoms with E-state index in [1.807, 2.05) is 0 Å². The molecule has 1 aliphatic heterocycles. The Bertz CT molecular complexity index is 1280. The summed E-state index contributed by atoms with van der Waals surface area (Å²) in [4.78, 5) is 18.4. The molecule has 0 saturated carbocycles. The van der Waals surface area contributed by atoms with Gasteiger partial charge in [0.1, 0.15) is 17.4 Å². The Morgan fingerprint density at radius 1 is 1.14 bits per heavy atom. The highest BCUT2D eigenvalue weighted by atomic mass is 32.2. The van der Waals surface area contributed by atoms with Crippen molar-refractivity contribution in [2.45, 2.75) is 37.0 Å². The van der Waals surface area contributed by atoms with Crippen LogP contribution in [0.3, 0.4) is 0 Å². The molecule has 0 aliphatic carbocycles. The van der Waals surface area contributed by atoms with Gasteiger partial charge in [-0.2, -0.15) is 0 Å². The van der Waals surface area contributed by atoms with Crippen LogP contribution < -0.4 is 4.74 Å². The lowest BCUT2D eigenvalue weighted by molar-refractivity contribution is -0.152. The van der Waals surface area contributed by atoms with Crippen molar-refractivity contribution in [1.29, 1.82) is 0 Å². The number of benzene rings is 2. The Labute approximate surface area is 216 Å². The van der Waals surface area contributed by atoms with Gasteiger partial charge in [-0.3, -0.25) is 9.78 Å². The highest BCUT2D eigenvalue weighted by Gasteiger charge is 2.40. The first-order valence-corrected chi connectivity index (χ1v) is 13.1. The van der Waals surface area contributed by atoms with E-state index >= 15 is 0 Å². The van der Waals surface area contributed by atoms with Crippen LogP contribution in [0.5, 0.6) is 5.75 Å². The zero-order chi connectivity index (χ0) is 26.6. The second-order valence-corrected chi connectivity index (χ2v) is 10.4. The number of piperidine rings is 1. The summed E-state index contributed by atoms with van der Waals surface area (Å²) in [5.74, 6) is -3.38. The number of nitrogens with zero attached hydrogens (tertiary/aromatic N) is 2. The molecule has 2 heterocycles. The van der Waals surface area contributed by atoms with Crippen LogP contribution in [0, 0.1) is 28.7 Å². The maximum Gasteiger partial charge on any atom is 0.309 e. The molecule has 1 fully saturated rings. The first-order valence-electron chi connectivity index (χ1n) is 12.1. The number of carbonyl (C=O) groups is 1. The van der Waals surface area contributed by atoms with Crippen molar-refractivity contribution in [3.8, 4) is 5.75 Å². The molecule has 0 radical (unpaired) electrons. The van der Waals surface area contributed by atoms with Crippen molar-refractivity contribution in [3.63, 3.8) is 0 Å². The van der Waals surface area contributed by atoms with Crippen molar-refractivity contribution in [2.75, 3.05) is 32.5 Å². The molecule has 5 nitrogen and oxygen atoms in total. The number of pyridine rings is 1. The van der Waals surface area contributed by atoms with E-state index in [1.54, 1.807) is 18.2 Å². The molecule has 0 atom stereocenters.